The molecule has 110 valence electrons. The monoisotopic (exact) mass is 299 g/mol. The van der Waals surface area contributed by atoms with Gasteiger partial charge in [-0.05, 0) is 25.0 Å². The Hall–Kier alpha value is -1.57. The number of carboxylic acid groups (broad SMARTS) is 1. The van der Waals surface area contributed by atoms with Gasteiger partial charge in [-0.15, -0.1) is 0 Å². The molecule has 0 bridgehead atoms. The van der Waals surface area contributed by atoms with Crippen LogP contribution in [-0.2, 0) is 15.3 Å². The second-order valence-corrected chi connectivity index (χ2v) is 5.86. The number of rotatable bonds is 8. The van der Waals surface area contributed by atoms with E-state index in [1.54, 1.807) is 0 Å². The van der Waals surface area contributed by atoms with Gasteiger partial charge in [-0.1, -0.05) is 5.16 Å². The predicted molar refractivity (Wildman–Crippen MR) is 72.3 cm³/mol. The van der Waals surface area contributed by atoms with Crippen LogP contribution in [0.25, 0.3) is 0 Å². The van der Waals surface area contributed by atoms with Gasteiger partial charge in [0.15, 0.2) is 5.82 Å². The first kappa shape index (κ1) is 14.8. The Morgan fingerprint density at radius 1 is 1.55 bits per heavy atom. The molecule has 7 nitrogen and oxygen atoms in total. The van der Waals surface area contributed by atoms with E-state index in [0.29, 0.717) is 35.6 Å². The zero-order valence-corrected chi connectivity index (χ0v) is 12.0. The van der Waals surface area contributed by atoms with E-state index >= 15 is 0 Å². The summed E-state index contributed by atoms with van der Waals surface area (Å²) in [4.78, 5) is 26.1. The average Bonchev–Trinajstić information content (AvgIpc) is 3.12. The molecule has 2 N–H and O–H groups in total. The Balaban J connectivity index is 1.68. The molecule has 0 spiro atoms. The lowest BCUT2D eigenvalue weighted by Gasteiger charge is -2.12. The number of amides is 1. The van der Waals surface area contributed by atoms with Crippen molar-refractivity contribution in [3.63, 3.8) is 0 Å². The molecule has 1 aliphatic rings. The van der Waals surface area contributed by atoms with E-state index in [2.05, 4.69) is 15.5 Å². The summed E-state index contributed by atoms with van der Waals surface area (Å²) < 4.78 is 5.13. The van der Waals surface area contributed by atoms with E-state index in [-0.39, 0.29) is 5.91 Å². The molecule has 1 unspecified atom stereocenters. The van der Waals surface area contributed by atoms with Crippen molar-refractivity contribution in [1.82, 2.24) is 15.5 Å². The zero-order chi connectivity index (χ0) is 14.5. The molecule has 1 aromatic heterocycles. The molecule has 1 aromatic rings. The molecule has 1 amide bonds. The second-order valence-electron chi connectivity index (χ2n) is 4.76. The van der Waals surface area contributed by atoms with Crippen LogP contribution in [0.1, 0.15) is 43.8 Å². The average molecular weight is 299 g/mol. The van der Waals surface area contributed by atoms with E-state index in [0.717, 1.165) is 12.8 Å². The first-order valence-electron chi connectivity index (χ1n) is 6.46. The Labute approximate surface area is 120 Å². The van der Waals surface area contributed by atoms with Crippen molar-refractivity contribution in [3.8, 4) is 0 Å². The summed E-state index contributed by atoms with van der Waals surface area (Å²) in [6, 6.07) is -0.840. The van der Waals surface area contributed by atoms with Crippen LogP contribution >= 0.6 is 11.8 Å². The van der Waals surface area contributed by atoms with Gasteiger partial charge < -0.3 is 14.9 Å². The van der Waals surface area contributed by atoms with E-state index in [9.17, 15) is 9.59 Å². The van der Waals surface area contributed by atoms with Crippen molar-refractivity contribution < 1.29 is 19.2 Å². The van der Waals surface area contributed by atoms with Gasteiger partial charge >= 0.3 is 5.97 Å². The lowest BCUT2D eigenvalue weighted by molar-refractivity contribution is -0.141. The standard InChI is InChI=1S/C12H17N3O4S/c1-7(16)13-9(12(17)18)4-5-20-6-10-14-11(19-15-10)8-2-3-8/h8-9H,2-6H2,1H3,(H,13,16)(H,17,18). The van der Waals surface area contributed by atoms with E-state index in [1.165, 1.54) is 18.7 Å². The number of thioether (sulfide) groups is 1. The number of nitrogens with zero attached hydrogens (tertiary/aromatic N) is 2. The minimum atomic E-state index is -1.02. The molecule has 1 atom stereocenters. The number of hydrogen-bond donors (Lipinski definition) is 2. The Bertz CT molecular complexity index is 487. The van der Waals surface area contributed by atoms with Crippen LogP contribution in [0.4, 0.5) is 0 Å². The summed E-state index contributed by atoms with van der Waals surface area (Å²) in [5.41, 5.74) is 0. The number of nitrogens with one attached hydrogen (secondary N) is 1. The van der Waals surface area contributed by atoms with Crippen molar-refractivity contribution in [3.05, 3.63) is 11.7 Å². The highest BCUT2D eigenvalue weighted by atomic mass is 32.2. The van der Waals surface area contributed by atoms with E-state index in [1.807, 2.05) is 0 Å². The van der Waals surface area contributed by atoms with Gasteiger partial charge in [0.05, 0.1) is 5.75 Å². The SMILES string of the molecule is CC(=O)NC(CCSCc1noc(C2CC2)n1)C(=O)O. The fourth-order valence-corrected chi connectivity index (χ4v) is 2.54. The van der Waals surface area contributed by atoms with Gasteiger partial charge in [-0.25, -0.2) is 4.79 Å². The number of carboxylic acids is 1. The molecule has 1 fully saturated rings. The third-order valence-electron chi connectivity index (χ3n) is 2.87. The van der Waals surface area contributed by atoms with Crippen molar-refractivity contribution in [2.24, 2.45) is 0 Å². The van der Waals surface area contributed by atoms with Crippen LogP contribution < -0.4 is 5.32 Å². The summed E-state index contributed by atoms with van der Waals surface area (Å²) in [6.45, 7) is 1.31. The Morgan fingerprint density at radius 3 is 2.90 bits per heavy atom. The lowest BCUT2D eigenvalue weighted by Crippen LogP contribution is -2.39. The molecule has 2 rings (SSSR count). The Kier molecular flexibility index (Phi) is 4.99. The largest absolute Gasteiger partial charge is 0.480 e. The predicted octanol–water partition coefficient (Wildman–Crippen LogP) is 1.16. The fourth-order valence-electron chi connectivity index (χ4n) is 1.69. The lowest BCUT2D eigenvalue weighted by atomic mass is 10.2. The first-order chi connectivity index (χ1) is 9.56. The molecular formula is C12H17N3O4S. The highest BCUT2D eigenvalue weighted by Crippen LogP contribution is 2.38. The molecular weight excluding hydrogens is 282 g/mol. The van der Waals surface area contributed by atoms with Gasteiger partial charge in [0, 0.05) is 12.8 Å². The molecule has 20 heavy (non-hydrogen) atoms. The zero-order valence-electron chi connectivity index (χ0n) is 11.2. The molecule has 8 heteroatoms. The van der Waals surface area contributed by atoms with Crippen LogP contribution in [-0.4, -0.2) is 38.9 Å². The number of aliphatic carboxylic acids is 1. The van der Waals surface area contributed by atoms with E-state index in [4.69, 9.17) is 9.63 Å². The first-order valence-corrected chi connectivity index (χ1v) is 7.62. The second kappa shape index (κ2) is 6.74. The normalized spacial score (nSPS) is 15.8. The molecule has 1 saturated carbocycles. The molecule has 0 saturated heterocycles. The van der Waals surface area contributed by atoms with Crippen molar-refractivity contribution in [2.75, 3.05) is 5.75 Å². The van der Waals surface area contributed by atoms with Crippen LogP contribution in [0.3, 0.4) is 0 Å². The van der Waals surface area contributed by atoms with Crippen molar-refractivity contribution >= 4 is 23.6 Å². The van der Waals surface area contributed by atoms with Crippen LogP contribution in [0.15, 0.2) is 4.52 Å². The number of hydrogen-bond acceptors (Lipinski definition) is 6. The number of carbonyl (C=O) groups is 2. The molecule has 1 heterocycles. The smallest absolute Gasteiger partial charge is 0.326 e. The van der Waals surface area contributed by atoms with Gasteiger partial charge in [-0.2, -0.15) is 16.7 Å². The Morgan fingerprint density at radius 2 is 2.30 bits per heavy atom. The maximum Gasteiger partial charge on any atom is 0.326 e. The number of aromatic nitrogens is 2. The third-order valence-corrected chi connectivity index (χ3v) is 3.85. The van der Waals surface area contributed by atoms with Gasteiger partial charge in [0.25, 0.3) is 0 Å². The maximum absolute atomic E-state index is 10.9. The molecule has 1 aliphatic carbocycles. The highest BCUT2D eigenvalue weighted by Gasteiger charge is 2.29. The van der Waals surface area contributed by atoms with Crippen LogP contribution in [0, 0.1) is 0 Å². The third kappa shape index (κ3) is 4.52. The van der Waals surface area contributed by atoms with Gasteiger partial charge in [0.2, 0.25) is 11.8 Å². The minimum absolute atomic E-state index is 0.338. The topological polar surface area (TPSA) is 105 Å². The summed E-state index contributed by atoms with van der Waals surface area (Å²) in [5, 5.41) is 15.2. The summed E-state index contributed by atoms with van der Waals surface area (Å²) in [5.74, 6) is 1.63. The molecule has 0 aliphatic heterocycles. The molecule has 0 aromatic carbocycles. The highest BCUT2D eigenvalue weighted by molar-refractivity contribution is 7.98. The van der Waals surface area contributed by atoms with Crippen molar-refractivity contribution in [2.45, 2.75) is 43.9 Å². The summed E-state index contributed by atoms with van der Waals surface area (Å²) >= 11 is 1.52. The van der Waals surface area contributed by atoms with Gasteiger partial charge in [-0.3, -0.25) is 4.79 Å². The van der Waals surface area contributed by atoms with Crippen LogP contribution in [0.5, 0.6) is 0 Å². The maximum atomic E-state index is 10.9. The summed E-state index contributed by atoms with van der Waals surface area (Å²) in [7, 11) is 0. The van der Waals surface area contributed by atoms with E-state index < -0.39 is 12.0 Å². The van der Waals surface area contributed by atoms with Gasteiger partial charge in [0.1, 0.15) is 6.04 Å². The van der Waals surface area contributed by atoms with Crippen molar-refractivity contribution in [1.29, 1.82) is 0 Å². The minimum Gasteiger partial charge on any atom is -0.480 e. The number of carbonyl (C=O) groups excluding carboxylic acids is 1. The quantitative estimate of drug-likeness (QED) is 0.694. The molecule has 0 radical (unpaired) electrons. The summed E-state index contributed by atoms with van der Waals surface area (Å²) in [6.07, 6.45) is 2.60. The fraction of sp³-hybridized carbons (Fsp3) is 0.667. The van der Waals surface area contributed by atoms with Crippen LogP contribution in [0.2, 0.25) is 0 Å².